The van der Waals surface area contributed by atoms with E-state index in [-0.39, 0.29) is 35.4 Å². The number of benzene rings is 2. The fourth-order valence-corrected chi connectivity index (χ4v) is 6.41. The number of hydrogen-bond acceptors (Lipinski definition) is 8. The standard InChI is InChI=1S/C19H20N2O8S2/c1-12-10-30(23,24)21(19(12)22)14-4-6-16(27-2)18(8-14)31(25,26)20-9-13-3-5-15-17(7-13)29-11-28-15/h3-8,12,20H,9-11H2,1-2H3. The number of anilines is 1. The van der Waals surface area contributed by atoms with Gasteiger partial charge in [-0.25, -0.2) is 25.9 Å². The maximum atomic E-state index is 13.0. The predicted octanol–water partition coefficient (Wildman–Crippen LogP) is 1.21. The van der Waals surface area contributed by atoms with E-state index in [2.05, 4.69) is 4.72 Å². The van der Waals surface area contributed by atoms with Gasteiger partial charge in [0.25, 0.3) is 0 Å². The van der Waals surface area contributed by atoms with Gasteiger partial charge in [0.05, 0.1) is 24.5 Å². The number of fused-ring (bicyclic) bond motifs is 1. The Hall–Kier alpha value is -2.83. The van der Waals surface area contributed by atoms with Crippen LogP contribution in [0.2, 0.25) is 0 Å². The monoisotopic (exact) mass is 468 g/mol. The number of hydrogen-bond donors (Lipinski definition) is 1. The summed E-state index contributed by atoms with van der Waals surface area (Å²) in [5, 5.41) is 0. The van der Waals surface area contributed by atoms with Crippen molar-refractivity contribution in [2.75, 3.05) is 24.0 Å². The van der Waals surface area contributed by atoms with E-state index >= 15 is 0 Å². The van der Waals surface area contributed by atoms with Gasteiger partial charge in [0.15, 0.2) is 11.5 Å². The van der Waals surface area contributed by atoms with E-state index in [0.717, 1.165) is 6.07 Å². The average Bonchev–Trinajstić information content (AvgIpc) is 3.27. The van der Waals surface area contributed by atoms with Crippen LogP contribution in [0.5, 0.6) is 17.2 Å². The fraction of sp³-hybridized carbons (Fsp3) is 0.316. The van der Waals surface area contributed by atoms with Crippen LogP contribution < -0.4 is 23.2 Å². The minimum Gasteiger partial charge on any atom is -0.495 e. The summed E-state index contributed by atoms with van der Waals surface area (Å²) in [4.78, 5) is 12.1. The van der Waals surface area contributed by atoms with Gasteiger partial charge in [-0.2, -0.15) is 0 Å². The lowest BCUT2D eigenvalue weighted by atomic mass is 10.2. The van der Waals surface area contributed by atoms with Crippen molar-refractivity contribution in [3.63, 3.8) is 0 Å². The molecule has 2 heterocycles. The molecule has 0 aromatic heterocycles. The highest BCUT2D eigenvalue weighted by molar-refractivity contribution is 7.94. The van der Waals surface area contributed by atoms with Gasteiger partial charge in [0, 0.05) is 6.54 Å². The Morgan fingerprint density at radius 2 is 1.90 bits per heavy atom. The van der Waals surface area contributed by atoms with Gasteiger partial charge in [0.2, 0.25) is 32.7 Å². The van der Waals surface area contributed by atoms with E-state index in [9.17, 15) is 21.6 Å². The Morgan fingerprint density at radius 3 is 2.58 bits per heavy atom. The second kappa shape index (κ2) is 7.70. The van der Waals surface area contributed by atoms with Crippen molar-refractivity contribution < 1.29 is 35.8 Å². The molecule has 12 heteroatoms. The molecule has 1 fully saturated rings. The van der Waals surface area contributed by atoms with Crippen LogP contribution in [0, 0.1) is 5.92 Å². The third kappa shape index (κ3) is 3.93. The highest BCUT2D eigenvalue weighted by atomic mass is 32.2. The summed E-state index contributed by atoms with van der Waals surface area (Å²) in [5.41, 5.74) is 0.577. The van der Waals surface area contributed by atoms with Gasteiger partial charge in [-0.3, -0.25) is 4.79 Å². The summed E-state index contributed by atoms with van der Waals surface area (Å²) in [7, 11) is -6.70. The summed E-state index contributed by atoms with van der Waals surface area (Å²) < 4.78 is 69.5. The maximum Gasteiger partial charge on any atom is 0.244 e. The van der Waals surface area contributed by atoms with E-state index in [1.54, 1.807) is 18.2 Å². The molecule has 1 atom stereocenters. The van der Waals surface area contributed by atoms with Gasteiger partial charge in [0.1, 0.15) is 10.6 Å². The third-order valence-electron chi connectivity index (χ3n) is 4.94. The van der Waals surface area contributed by atoms with Crippen LogP contribution in [0.15, 0.2) is 41.3 Å². The first-order valence-electron chi connectivity index (χ1n) is 9.25. The Balaban J connectivity index is 1.64. The molecule has 1 N–H and O–H groups in total. The number of amides is 1. The fourth-order valence-electron chi connectivity index (χ4n) is 3.40. The molecule has 1 unspecified atom stereocenters. The topological polar surface area (TPSA) is 128 Å². The van der Waals surface area contributed by atoms with Crippen LogP contribution in [-0.4, -0.2) is 42.4 Å². The zero-order chi connectivity index (χ0) is 22.4. The first-order chi connectivity index (χ1) is 14.6. The van der Waals surface area contributed by atoms with E-state index in [1.807, 2.05) is 0 Å². The number of carbonyl (C=O) groups excluding carboxylic acids is 1. The molecule has 0 spiro atoms. The predicted molar refractivity (Wildman–Crippen MR) is 110 cm³/mol. The van der Waals surface area contributed by atoms with Crippen molar-refractivity contribution in [2.24, 2.45) is 5.92 Å². The summed E-state index contributed by atoms with van der Waals surface area (Å²) in [5.74, 6) is -0.547. The highest BCUT2D eigenvalue weighted by Gasteiger charge is 2.42. The molecule has 31 heavy (non-hydrogen) atoms. The quantitative estimate of drug-likeness (QED) is 0.670. The van der Waals surface area contributed by atoms with Crippen molar-refractivity contribution >= 4 is 31.6 Å². The summed E-state index contributed by atoms with van der Waals surface area (Å²) in [6.07, 6.45) is 0. The lowest BCUT2D eigenvalue weighted by molar-refractivity contribution is -0.119. The minimum absolute atomic E-state index is 0.0130. The first-order valence-corrected chi connectivity index (χ1v) is 12.3. The maximum absolute atomic E-state index is 13.0. The van der Waals surface area contributed by atoms with Crippen molar-refractivity contribution in [2.45, 2.75) is 18.4 Å². The van der Waals surface area contributed by atoms with Gasteiger partial charge in [-0.05, 0) is 35.9 Å². The molecule has 166 valence electrons. The zero-order valence-corrected chi connectivity index (χ0v) is 18.3. The number of nitrogens with zero attached hydrogens (tertiary/aromatic N) is 1. The number of carbonyl (C=O) groups is 1. The Labute approximate surface area is 179 Å². The van der Waals surface area contributed by atoms with E-state index in [4.69, 9.17) is 14.2 Å². The highest BCUT2D eigenvalue weighted by Crippen LogP contribution is 2.35. The molecular formula is C19H20N2O8S2. The summed E-state index contributed by atoms with van der Waals surface area (Å²) in [6, 6.07) is 8.81. The van der Waals surface area contributed by atoms with E-state index in [1.165, 1.54) is 26.2 Å². The lowest BCUT2D eigenvalue weighted by Gasteiger charge is -2.18. The molecular weight excluding hydrogens is 448 g/mol. The third-order valence-corrected chi connectivity index (χ3v) is 8.23. The molecule has 1 saturated heterocycles. The Kier molecular flexibility index (Phi) is 5.31. The van der Waals surface area contributed by atoms with Gasteiger partial charge < -0.3 is 14.2 Å². The first kappa shape index (κ1) is 21.4. The average molecular weight is 469 g/mol. The zero-order valence-electron chi connectivity index (χ0n) is 16.7. The molecule has 1 amide bonds. The van der Waals surface area contributed by atoms with Gasteiger partial charge in [-0.1, -0.05) is 13.0 Å². The second-order valence-corrected chi connectivity index (χ2v) is 10.7. The number of sulfonamides is 2. The smallest absolute Gasteiger partial charge is 0.244 e. The molecule has 0 radical (unpaired) electrons. The van der Waals surface area contributed by atoms with Crippen LogP contribution in [0.4, 0.5) is 5.69 Å². The molecule has 10 nitrogen and oxygen atoms in total. The molecule has 0 saturated carbocycles. The van der Waals surface area contributed by atoms with Crippen LogP contribution in [0.3, 0.4) is 0 Å². The second-order valence-electron chi connectivity index (χ2n) is 7.13. The molecule has 2 aromatic rings. The van der Waals surface area contributed by atoms with Gasteiger partial charge >= 0.3 is 0 Å². The van der Waals surface area contributed by atoms with Crippen molar-refractivity contribution in [3.05, 3.63) is 42.0 Å². The molecule has 0 aliphatic carbocycles. The molecule has 2 aromatic carbocycles. The molecule has 2 aliphatic heterocycles. The van der Waals surface area contributed by atoms with Gasteiger partial charge in [-0.15, -0.1) is 0 Å². The largest absolute Gasteiger partial charge is 0.495 e. The molecule has 4 rings (SSSR count). The minimum atomic E-state index is -4.12. The van der Waals surface area contributed by atoms with Crippen LogP contribution in [-0.2, 0) is 31.4 Å². The lowest BCUT2D eigenvalue weighted by Crippen LogP contribution is -2.31. The normalized spacial score (nSPS) is 19.6. The summed E-state index contributed by atoms with van der Waals surface area (Å²) >= 11 is 0. The van der Waals surface area contributed by atoms with Crippen LogP contribution in [0.25, 0.3) is 0 Å². The Morgan fingerprint density at radius 1 is 1.16 bits per heavy atom. The van der Waals surface area contributed by atoms with Crippen molar-refractivity contribution in [1.29, 1.82) is 0 Å². The number of methoxy groups -OCH3 is 1. The molecule has 0 bridgehead atoms. The van der Waals surface area contributed by atoms with E-state index < -0.39 is 31.9 Å². The SMILES string of the molecule is COc1ccc(N2C(=O)C(C)CS2(=O)=O)cc1S(=O)(=O)NCc1ccc2c(c1)OCO2. The Bertz CT molecular complexity index is 1260. The number of nitrogens with one attached hydrogen (secondary N) is 1. The van der Waals surface area contributed by atoms with Crippen LogP contribution in [0.1, 0.15) is 12.5 Å². The van der Waals surface area contributed by atoms with Crippen molar-refractivity contribution in [3.8, 4) is 17.2 Å². The number of rotatable bonds is 6. The van der Waals surface area contributed by atoms with Crippen molar-refractivity contribution in [1.82, 2.24) is 4.72 Å². The van der Waals surface area contributed by atoms with E-state index in [0.29, 0.717) is 21.4 Å². The number of ether oxygens (including phenoxy) is 3. The molecule has 2 aliphatic rings. The summed E-state index contributed by atoms with van der Waals surface area (Å²) in [6.45, 7) is 1.56. The van der Waals surface area contributed by atoms with Crippen LogP contribution >= 0.6 is 0 Å².